The molecule has 1 unspecified atom stereocenters. The molecule has 1 fully saturated rings. The lowest BCUT2D eigenvalue weighted by Gasteiger charge is -2.33. The molecule has 2 aromatic carbocycles. The lowest BCUT2D eigenvalue weighted by molar-refractivity contribution is -0.135. The molecular weight excluding hydrogens is 492 g/mol. The van der Waals surface area contributed by atoms with Gasteiger partial charge in [0.1, 0.15) is 23.4 Å². The van der Waals surface area contributed by atoms with Crippen molar-refractivity contribution >= 4 is 11.9 Å². The molecule has 2 heterocycles. The number of nitrogens with two attached hydrogens (primary N) is 1. The van der Waals surface area contributed by atoms with Crippen LogP contribution < -0.4 is 15.8 Å². The number of nitrogens with one attached hydrogen (secondary N) is 1. The molecule has 4 rings (SSSR count). The van der Waals surface area contributed by atoms with Gasteiger partial charge in [0.05, 0.1) is 11.0 Å². The number of amides is 3. The molecule has 3 amide bonds. The third-order valence-corrected chi connectivity index (χ3v) is 7.65. The van der Waals surface area contributed by atoms with Crippen LogP contribution in [0.2, 0.25) is 0 Å². The number of carbonyl (C=O) groups excluding carboxylic acids is 2. The number of aryl methyl sites for hydroxylation is 1. The minimum atomic E-state index is -0.580. The number of rotatable bonds is 9. The van der Waals surface area contributed by atoms with Crippen molar-refractivity contribution in [2.75, 3.05) is 20.1 Å². The molecule has 39 heavy (non-hydrogen) atoms. The molecule has 3 N–H and O–H groups in total. The van der Waals surface area contributed by atoms with Crippen LogP contribution in [0.4, 0.5) is 4.79 Å². The molecule has 3 aromatic rings. The van der Waals surface area contributed by atoms with Gasteiger partial charge < -0.3 is 25.3 Å². The van der Waals surface area contributed by atoms with Crippen LogP contribution in [0.5, 0.6) is 11.5 Å². The average Bonchev–Trinajstić information content (AvgIpc) is 3.19. The molecule has 0 aliphatic carbocycles. The van der Waals surface area contributed by atoms with E-state index in [0.29, 0.717) is 43.0 Å². The van der Waals surface area contributed by atoms with Crippen LogP contribution in [-0.2, 0) is 23.2 Å². The van der Waals surface area contributed by atoms with E-state index in [2.05, 4.69) is 27.9 Å². The maximum absolute atomic E-state index is 13.4. The summed E-state index contributed by atoms with van der Waals surface area (Å²) in [6.45, 7) is 5.70. The molecule has 0 radical (unpaired) electrons. The number of nitriles is 1. The maximum atomic E-state index is 13.4. The van der Waals surface area contributed by atoms with Gasteiger partial charge in [-0.3, -0.25) is 4.79 Å². The zero-order chi connectivity index (χ0) is 28.0. The molecule has 1 saturated heterocycles. The Kier molecular flexibility index (Phi) is 8.55. The number of hydrogen-bond donors (Lipinski definition) is 2. The predicted octanol–water partition coefficient (Wildman–Crippen LogP) is 4.40. The van der Waals surface area contributed by atoms with E-state index >= 15 is 0 Å². The minimum Gasteiger partial charge on any atom is -0.456 e. The summed E-state index contributed by atoms with van der Waals surface area (Å²) < 4.78 is 8.36. The summed E-state index contributed by atoms with van der Waals surface area (Å²) in [6.07, 6.45) is 5.88. The van der Waals surface area contributed by atoms with Crippen LogP contribution in [0, 0.1) is 18.3 Å². The molecule has 0 bridgehead atoms. The van der Waals surface area contributed by atoms with Crippen LogP contribution in [0.1, 0.15) is 60.8 Å². The predicted molar refractivity (Wildman–Crippen MR) is 148 cm³/mol. The molecule has 9 heteroatoms. The molecule has 0 saturated carbocycles. The number of nitrogens with zero attached hydrogens (tertiary/aromatic N) is 4. The second-order valence-corrected chi connectivity index (χ2v) is 10.1. The van der Waals surface area contributed by atoms with Gasteiger partial charge in [-0.05, 0) is 61.6 Å². The highest BCUT2D eigenvalue weighted by molar-refractivity contribution is 5.88. The van der Waals surface area contributed by atoms with Crippen molar-refractivity contribution in [3.63, 3.8) is 0 Å². The van der Waals surface area contributed by atoms with E-state index < -0.39 is 11.4 Å². The van der Waals surface area contributed by atoms with Gasteiger partial charge in [0.2, 0.25) is 5.91 Å². The fraction of sp³-hybridized carbons (Fsp3) is 0.400. The van der Waals surface area contributed by atoms with Gasteiger partial charge in [0, 0.05) is 45.0 Å². The third-order valence-electron chi connectivity index (χ3n) is 7.65. The second kappa shape index (κ2) is 12.0. The molecule has 1 aliphatic heterocycles. The zero-order valence-corrected chi connectivity index (χ0v) is 22.9. The normalized spacial score (nSPS) is 17.4. The number of likely N-dealkylation sites (tertiary alicyclic amines) is 1. The van der Waals surface area contributed by atoms with E-state index in [1.165, 1.54) is 0 Å². The number of carbonyl (C=O) groups is 2. The largest absolute Gasteiger partial charge is 0.456 e. The first kappa shape index (κ1) is 27.7. The van der Waals surface area contributed by atoms with E-state index in [0.717, 1.165) is 48.5 Å². The second-order valence-electron chi connectivity index (χ2n) is 10.1. The van der Waals surface area contributed by atoms with Gasteiger partial charge in [-0.1, -0.05) is 31.5 Å². The van der Waals surface area contributed by atoms with E-state index in [1.807, 2.05) is 55.3 Å². The number of urea groups is 1. The molecule has 1 atom stereocenters. The Morgan fingerprint density at radius 3 is 2.82 bits per heavy atom. The standard InChI is InChI=1S/C30H36N6O3/c1-4-30(13-5-6-15-35(3)28(30)37)24-8-7-9-26(17-24)39-27-16-22(10-11-23(27)18-31)20-36-21(2)34-19-25(36)12-14-33-29(32)38/h7-11,16-17,19H,4-6,12-15,20H2,1-3H3,(H3,32,33,38). The summed E-state index contributed by atoms with van der Waals surface area (Å²) >= 11 is 0. The van der Waals surface area contributed by atoms with Gasteiger partial charge in [0.15, 0.2) is 0 Å². The average molecular weight is 529 g/mol. The maximum Gasteiger partial charge on any atom is 0.312 e. The lowest BCUT2D eigenvalue weighted by atomic mass is 9.73. The Morgan fingerprint density at radius 1 is 1.26 bits per heavy atom. The number of ether oxygens (including phenoxy) is 1. The monoisotopic (exact) mass is 528 g/mol. The van der Waals surface area contributed by atoms with E-state index in [-0.39, 0.29) is 5.91 Å². The summed E-state index contributed by atoms with van der Waals surface area (Å²) in [4.78, 5) is 30.7. The van der Waals surface area contributed by atoms with Crippen molar-refractivity contribution in [2.24, 2.45) is 5.73 Å². The van der Waals surface area contributed by atoms with Crippen molar-refractivity contribution in [2.45, 2.75) is 57.9 Å². The summed E-state index contributed by atoms with van der Waals surface area (Å²) in [6, 6.07) is 14.9. The van der Waals surface area contributed by atoms with Crippen molar-refractivity contribution < 1.29 is 14.3 Å². The number of benzene rings is 2. The van der Waals surface area contributed by atoms with Crippen molar-refractivity contribution in [1.29, 1.82) is 5.26 Å². The first-order valence-corrected chi connectivity index (χ1v) is 13.4. The lowest BCUT2D eigenvalue weighted by Crippen LogP contribution is -2.43. The van der Waals surface area contributed by atoms with Gasteiger partial charge in [-0.2, -0.15) is 5.26 Å². The van der Waals surface area contributed by atoms with E-state index in [4.69, 9.17) is 10.5 Å². The number of likely N-dealkylation sites (N-methyl/N-ethyl adjacent to an activating group) is 1. The van der Waals surface area contributed by atoms with Crippen LogP contribution >= 0.6 is 0 Å². The SMILES string of the molecule is CCC1(c2cccc(Oc3cc(Cn4c(CCNC(N)=O)cnc4C)ccc3C#N)c2)CCCCN(C)C1=O. The summed E-state index contributed by atoms with van der Waals surface area (Å²) in [7, 11) is 1.88. The first-order chi connectivity index (χ1) is 18.8. The minimum absolute atomic E-state index is 0.150. The first-order valence-electron chi connectivity index (χ1n) is 13.4. The zero-order valence-electron chi connectivity index (χ0n) is 22.9. The Hall–Kier alpha value is -4.32. The summed E-state index contributed by atoms with van der Waals surface area (Å²) in [5.74, 6) is 2.03. The Labute approximate surface area is 229 Å². The van der Waals surface area contributed by atoms with Crippen molar-refractivity contribution in [3.05, 3.63) is 76.9 Å². The van der Waals surface area contributed by atoms with Gasteiger partial charge >= 0.3 is 6.03 Å². The van der Waals surface area contributed by atoms with E-state index in [9.17, 15) is 14.9 Å². The van der Waals surface area contributed by atoms with E-state index in [1.54, 1.807) is 12.3 Å². The van der Waals surface area contributed by atoms with Crippen molar-refractivity contribution in [3.8, 4) is 17.6 Å². The number of hydrogen-bond acceptors (Lipinski definition) is 5. The van der Waals surface area contributed by atoms with Crippen molar-refractivity contribution in [1.82, 2.24) is 19.8 Å². The van der Waals surface area contributed by atoms with Crippen LogP contribution in [0.15, 0.2) is 48.7 Å². The summed E-state index contributed by atoms with van der Waals surface area (Å²) in [5.41, 5.74) is 7.88. The highest BCUT2D eigenvalue weighted by Gasteiger charge is 2.41. The Bertz CT molecular complexity index is 1390. The van der Waals surface area contributed by atoms with Gasteiger partial charge in [-0.25, -0.2) is 9.78 Å². The molecule has 9 nitrogen and oxygen atoms in total. The van der Waals surface area contributed by atoms with Gasteiger partial charge in [0.25, 0.3) is 0 Å². The van der Waals surface area contributed by atoms with Gasteiger partial charge in [-0.15, -0.1) is 0 Å². The Balaban J connectivity index is 1.60. The molecule has 1 aromatic heterocycles. The highest BCUT2D eigenvalue weighted by atomic mass is 16.5. The van der Waals surface area contributed by atoms with Crippen LogP contribution in [0.3, 0.4) is 0 Å². The number of primary amides is 1. The van der Waals surface area contributed by atoms with Crippen LogP contribution in [0.25, 0.3) is 0 Å². The molecular formula is C30H36N6O3. The van der Waals surface area contributed by atoms with Crippen LogP contribution in [-0.4, -0.2) is 46.5 Å². The Morgan fingerprint density at radius 2 is 2.08 bits per heavy atom. The third kappa shape index (κ3) is 6.06. The summed E-state index contributed by atoms with van der Waals surface area (Å²) in [5, 5.41) is 12.4. The molecule has 0 spiro atoms. The topological polar surface area (TPSA) is 126 Å². The smallest absolute Gasteiger partial charge is 0.312 e. The molecule has 204 valence electrons. The number of imidazole rings is 1. The fourth-order valence-corrected chi connectivity index (χ4v) is 5.40. The number of aromatic nitrogens is 2. The molecule has 1 aliphatic rings. The quantitative estimate of drug-likeness (QED) is 0.426. The highest BCUT2D eigenvalue weighted by Crippen LogP contribution is 2.39. The fourth-order valence-electron chi connectivity index (χ4n) is 5.40.